The maximum absolute atomic E-state index is 2.58. The number of para-hydroxylation sites is 1. The lowest BCUT2D eigenvalue weighted by atomic mass is 10.2. The minimum Gasteiger partial charge on any atom is -0.344 e. The van der Waals surface area contributed by atoms with Gasteiger partial charge in [-0.15, -0.1) is 0 Å². The van der Waals surface area contributed by atoms with Crippen LogP contribution >= 0.6 is 0 Å². The second-order valence-electron chi connectivity index (χ2n) is 5.04. The first-order chi connectivity index (χ1) is 8.34. The summed E-state index contributed by atoms with van der Waals surface area (Å²) in [4.78, 5) is 2.58. The molecule has 1 fully saturated rings. The molecular weight excluding hydrogens is 208 g/mol. The Labute approximate surface area is 103 Å². The Morgan fingerprint density at radius 1 is 1.06 bits per heavy atom. The van der Waals surface area contributed by atoms with E-state index in [1.54, 1.807) is 0 Å². The molecule has 17 heavy (non-hydrogen) atoms. The van der Waals surface area contributed by atoms with Crippen molar-refractivity contribution in [1.82, 2.24) is 9.47 Å². The van der Waals surface area contributed by atoms with E-state index in [0.717, 1.165) is 6.54 Å². The summed E-state index contributed by atoms with van der Waals surface area (Å²) >= 11 is 0. The minimum absolute atomic E-state index is 1.12. The van der Waals surface area contributed by atoms with Crippen molar-refractivity contribution in [3.8, 4) is 0 Å². The number of rotatable bonds is 3. The first-order valence-electron chi connectivity index (χ1n) is 6.62. The van der Waals surface area contributed by atoms with Crippen molar-refractivity contribution in [3.63, 3.8) is 0 Å². The summed E-state index contributed by atoms with van der Waals surface area (Å²) in [5.41, 5.74) is 2.76. The molecule has 0 bridgehead atoms. The van der Waals surface area contributed by atoms with Crippen LogP contribution in [0.4, 0.5) is 0 Å². The number of hydrogen-bond donors (Lipinski definition) is 0. The van der Waals surface area contributed by atoms with Crippen LogP contribution in [-0.2, 0) is 6.54 Å². The van der Waals surface area contributed by atoms with E-state index < -0.39 is 0 Å². The third-order valence-corrected chi connectivity index (χ3v) is 3.86. The molecule has 0 saturated carbocycles. The fourth-order valence-corrected chi connectivity index (χ4v) is 2.89. The van der Waals surface area contributed by atoms with E-state index in [0.29, 0.717) is 0 Å². The number of likely N-dealkylation sites (tertiary alicyclic amines) is 1. The van der Waals surface area contributed by atoms with E-state index in [1.165, 1.54) is 49.1 Å². The van der Waals surface area contributed by atoms with Gasteiger partial charge in [-0.25, -0.2) is 0 Å². The van der Waals surface area contributed by atoms with Crippen molar-refractivity contribution in [2.45, 2.75) is 26.3 Å². The summed E-state index contributed by atoms with van der Waals surface area (Å²) in [5, 5.41) is 1.37. The Balaban J connectivity index is 1.81. The van der Waals surface area contributed by atoms with Gasteiger partial charge in [0.2, 0.25) is 0 Å². The SMILES string of the molecule is Cc1cc2ccccc2n1CCN1CCCC1. The van der Waals surface area contributed by atoms with Crippen molar-refractivity contribution in [1.29, 1.82) is 0 Å². The van der Waals surface area contributed by atoms with Crippen molar-refractivity contribution in [2.24, 2.45) is 0 Å². The van der Waals surface area contributed by atoms with Crippen molar-refractivity contribution < 1.29 is 0 Å². The number of hydrogen-bond acceptors (Lipinski definition) is 1. The zero-order valence-electron chi connectivity index (χ0n) is 10.5. The van der Waals surface area contributed by atoms with Crippen molar-refractivity contribution in [2.75, 3.05) is 19.6 Å². The second-order valence-corrected chi connectivity index (χ2v) is 5.04. The maximum Gasteiger partial charge on any atom is 0.0482 e. The molecule has 1 aliphatic heterocycles. The third kappa shape index (κ3) is 2.09. The zero-order valence-corrected chi connectivity index (χ0v) is 10.5. The van der Waals surface area contributed by atoms with E-state index >= 15 is 0 Å². The molecule has 3 rings (SSSR count). The van der Waals surface area contributed by atoms with Crippen LogP contribution in [0, 0.1) is 6.92 Å². The number of nitrogens with zero attached hydrogens (tertiary/aromatic N) is 2. The summed E-state index contributed by atoms with van der Waals surface area (Å²) in [6.45, 7) is 7.11. The van der Waals surface area contributed by atoms with Crippen LogP contribution in [0.25, 0.3) is 10.9 Å². The average Bonchev–Trinajstić information content (AvgIpc) is 2.93. The fourth-order valence-electron chi connectivity index (χ4n) is 2.89. The van der Waals surface area contributed by atoms with E-state index in [-0.39, 0.29) is 0 Å². The topological polar surface area (TPSA) is 8.17 Å². The number of aromatic nitrogens is 1. The summed E-state index contributed by atoms with van der Waals surface area (Å²) in [7, 11) is 0. The highest BCUT2D eigenvalue weighted by molar-refractivity contribution is 5.81. The first-order valence-corrected chi connectivity index (χ1v) is 6.62. The summed E-state index contributed by atoms with van der Waals surface area (Å²) in [6, 6.07) is 11.0. The molecule has 2 nitrogen and oxygen atoms in total. The van der Waals surface area contributed by atoms with Crippen LogP contribution in [0.5, 0.6) is 0 Å². The van der Waals surface area contributed by atoms with Crippen LogP contribution in [0.2, 0.25) is 0 Å². The van der Waals surface area contributed by atoms with Gasteiger partial charge in [0, 0.05) is 24.3 Å². The molecule has 0 radical (unpaired) electrons. The van der Waals surface area contributed by atoms with E-state index in [1.807, 2.05) is 0 Å². The van der Waals surface area contributed by atoms with Crippen LogP contribution in [0.1, 0.15) is 18.5 Å². The number of aryl methyl sites for hydroxylation is 1. The summed E-state index contributed by atoms with van der Waals surface area (Å²) in [5.74, 6) is 0. The molecule has 90 valence electrons. The van der Waals surface area contributed by atoms with Gasteiger partial charge in [-0.2, -0.15) is 0 Å². The van der Waals surface area contributed by atoms with Gasteiger partial charge in [0.15, 0.2) is 0 Å². The molecular formula is C15H20N2. The summed E-state index contributed by atoms with van der Waals surface area (Å²) in [6.07, 6.45) is 2.76. The Morgan fingerprint density at radius 2 is 1.82 bits per heavy atom. The number of benzene rings is 1. The van der Waals surface area contributed by atoms with E-state index in [4.69, 9.17) is 0 Å². The molecule has 0 atom stereocenters. The Hall–Kier alpha value is -1.28. The van der Waals surface area contributed by atoms with Crippen LogP contribution in [-0.4, -0.2) is 29.1 Å². The predicted molar refractivity (Wildman–Crippen MR) is 72.3 cm³/mol. The van der Waals surface area contributed by atoms with Gasteiger partial charge in [0.05, 0.1) is 0 Å². The highest BCUT2D eigenvalue weighted by atomic mass is 15.2. The van der Waals surface area contributed by atoms with Gasteiger partial charge in [0.1, 0.15) is 0 Å². The first kappa shape index (κ1) is 10.8. The third-order valence-electron chi connectivity index (χ3n) is 3.86. The quantitative estimate of drug-likeness (QED) is 0.784. The van der Waals surface area contributed by atoms with Gasteiger partial charge in [-0.05, 0) is 50.4 Å². The van der Waals surface area contributed by atoms with E-state index in [9.17, 15) is 0 Å². The van der Waals surface area contributed by atoms with Crippen LogP contribution in [0.15, 0.2) is 30.3 Å². The van der Waals surface area contributed by atoms with Gasteiger partial charge >= 0.3 is 0 Å². The van der Waals surface area contributed by atoms with Crippen molar-refractivity contribution in [3.05, 3.63) is 36.0 Å². The molecule has 2 heterocycles. The molecule has 1 saturated heterocycles. The Bertz CT molecular complexity index is 507. The largest absolute Gasteiger partial charge is 0.344 e. The molecule has 1 aromatic carbocycles. The normalized spacial score (nSPS) is 17.0. The monoisotopic (exact) mass is 228 g/mol. The Kier molecular flexibility index (Phi) is 2.89. The molecule has 0 amide bonds. The molecule has 1 aromatic heterocycles. The molecule has 0 aliphatic carbocycles. The molecule has 0 N–H and O–H groups in total. The standard InChI is InChI=1S/C15H20N2/c1-13-12-14-6-2-3-7-15(14)17(13)11-10-16-8-4-5-9-16/h2-3,6-7,12H,4-5,8-11H2,1H3. The summed E-state index contributed by atoms with van der Waals surface area (Å²) < 4.78 is 2.45. The molecule has 0 spiro atoms. The predicted octanol–water partition coefficient (Wildman–Crippen LogP) is 3.05. The smallest absolute Gasteiger partial charge is 0.0482 e. The lowest BCUT2D eigenvalue weighted by Gasteiger charge is -2.16. The van der Waals surface area contributed by atoms with Gasteiger partial charge in [-0.1, -0.05) is 18.2 Å². The van der Waals surface area contributed by atoms with Gasteiger partial charge in [0.25, 0.3) is 0 Å². The van der Waals surface area contributed by atoms with Gasteiger partial charge < -0.3 is 9.47 Å². The zero-order chi connectivity index (χ0) is 11.7. The molecule has 2 heteroatoms. The Morgan fingerprint density at radius 3 is 2.65 bits per heavy atom. The van der Waals surface area contributed by atoms with E-state index in [2.05, 4.69) is 46.7 Å². The van der Waals surface area contributed by atoms with Crippen molar-refractivity contribution >= 4 is 10.9 Å². The number of fused-ring (bicyclic) bond motifs is 1. The highest BCUT2D eigenvalue weighted by Gasteiger charge is 2.12. The van der Waals surface area contributed by atoms with Crippen LogP contribution < -0.4 is 0 Å². The maximum atomic E-state index is 2.58. The average molecular weight is 228 g/mol. The molecule has 1 aliphatic rings. The van der Waals surface area contributed by atoms with Crippen LogP contribution in [0.3, 0.4) is 0 Å². The highest BCUT2D eigenvalue weighted by Crippen LogP contribution is 2.19. The van der Waals surface area contributed by atoms with Gasteiger partial charge in [-0.3, -0.25) is 0 Å². The molecule has 2 aromatic rings. The molecule has 0 unspecified atom stereocenters. The second kappa shape index (κ2) is 4.53. The lowest BCUT2D eigenvalue weighted by molar-refractivity contribution is 0.323. The fraction of sp³-hybridized carbons (Fsp3) is 0.467. The lowest BCUT2D eigenvalue weighted by Crippen LogP contribution is -2.24. The minimum atomic E-state index is 1.12.